The molecule has 3 aromatic rings. The molecule has 2 fully saturated rings. The Morgan fingerprint density at radius 2 is 1.00 bits per heavy atom. The van der Waals surface area contributed by atoms with E-state index >= 15 is 0 Å². The van der Waals surface area contributed by atoms with Crippen LogP contribution in [0.4, 0.5) is 29.2 Å². The molecule has 0 atom stereocenters. The maximum Gasteiger partial charge on any atom is 0.241 e. The average molecular weight is 535 g/mol. The van der Waals surface area contributed by atoms with E-state index in [-0.39, 0.29) is 13.2 Å². The van der Waals surface area contributed by atoms with Crippen LogP contribution < -0.4 is 14.7 Å². The summed E-state index contributed by atoms with van der Waals surface area (Å²) in [5.41, 5.74) is 2.14. The van der Waals surface area contributed by atoms with Crippen LogP contribution in [0.2, 0.25) is 0 Å². The fraction of sp³-hybridized carbons (Fsp3) is 0.444. The number of rotatable bonds is 7. The number of piperazine rings is 2. The van der Waals surface area contributed by atoms with E-state index in [2.05, 4.69) is 73.0 Å². The number of aromatic nitrogens is 3. The number of β-amino-alcohol motifs (C(OH)–C–C–N with tert-alkyl or cyclic N) is 2. The first-order chi connectivity index (χ1) is 18.7. The number of fused-ring (bicyclic) bond motifs is 2. The summed E-state index contributed by atoms with van der Waals surface area (Å²) in [4.78, 5) is 28.7. The van der Waals surface area contributed by atoms with Crippen LogP contribution in [0.15, 0.2) is 58.3 Å². The third-order valence-electron chi connectivity index (χ3n) is 7.37. The minimum Gasteiger partial charge on any atom is -0.395 e. The van der Waals surface area contributed by atoms with Gasteiger partial charge in [-0.1, -0.05) is 36.0 Å². The van der Waals surface area contributed by atoms with Crippen LogP contribution in [0.1, 0.15) is 0 Å². The van der Waals surface area contributed by atoms with Crippen LogP contribution in [-0.4, -0.2) is 114 Å². The largest absolute Gasteiger partial charge is 0.395 e. The molecule has 2 aromatic carbocycles. The summed E-state index contributed by atoms with van der Waals surface area (Å²) in [7, 11) is 0. The van der Waals surface area contributed by atoms with Crippen LogP contribution in [0.25, 0.3) is 0 Å². The molecule has 3 aliphatic rings. The number of hydrogen-bond donors (Lipinski definition) is 2. The zero-order valence-electron chi connectivity index (χ0n) is 21.5. The predicted octanol–water partition coefficient (Wildman–Crippen LogP) is 2.03. The second-order valence-corrected chi connectivity index (χ2v) is 10.8. The Kier molecular flexibility index (Phi) is 7.61. The first-order valence-electron chi connectivity index (χ1n) is 13.3. The normalized spacial score (nSPS) is 18.4. The molecule has 200 valence electrons. The smallest absolute Gasteiger partial charge is 0.241 e. The minimum atomic E-state index is 0.175. The van der Waals surface area contributed by atoms with Gasteiger partial charge in [0.2, 0.25) is 17.8 Å². The maximum absolute atomic E-state index is 9.36. The Hall–Kier alpha value is -2.96. The minimum absolute atomic E-state index is 0.175. The van der Waals surface area contributed by atoms with Gasteiger partial charge >= 0.3 is 0 Å². The maximum atomic E-state index is 9.36. The molecule has 2 saturated heterocycles. The van der Waals surface area contributed by atoms with Gasteiger partial charge in [0.15, 0.2) is 0 Å². The summed E-state index contributed by atoms with van der Waals surface area (Å²) in [6, 6.07) is 16.8. The first-order valence-corrected chi connectivity index (χ1v) is 14.1. The number of nitrogens with zero attached hydrogens (tertiary/aromatic N) is 8. The third kappa shape index (κ3) is 5.16. The number of anilines is 5. The topological polar surface area (TPSA) is 95.3 Å². The standard InChI is InChI=1S/C27H34N8O2S/c36-19-17-31-9-13-33(14-10-31)25-28-26(34-15-11-32(12-16-34)18-20-37)30-27(29-25)35-21-5-1-3-7-23(21)38-24-8-4-2-6-22(24)35/h1-8,36-37H,9-20H2. The molecule has 6 rings (SSSR count). The highest BCUT2D eigenvalue weighted by Crippen LogP contribution is 2.50. The lowest BCUT2D eigenvalue weighted by molar-refractivity contribution is 0.187. The number of para-hydroxylation sites is 2. The summed E-state index contributed by atoms with van der Waals surface area (Å²) in [6.07, 6.45) is 0. The van der Waals surface area contributed by atoms with Crippen LogP contribution in [0.5, 0.6) is 0 Å². The lowest BCUT2D eigenvalue weighted by atomic mass is 10.2. The Morgan fingerprint density at radius 1 is 0.579 bits per heavy atom. The molecule has 1 aromatic heterocycles. The summed E-state index contributed by atoms with van der Waals surface area (Å²) in [6.45, 7) is 8.40. The van der Waals surface area contributed by atoms with E-state index in [4.69, 9.17) is 15.0 Å². The SMILES string of the molecule is OCCN1CCN(c2nc(N3CCN(CCO)CC3)nc(N3c4ccccc4Sc4ccccc43)n2)CC1. The molecule has 4 heterocycles. The lowest BCUT2D eigenvalue weighted by Crippen LogP contribution is -2.49. The van der Waals surface area contributed by atoms with Crippen molar-refractivity contribution in [1.82, 2.24) is 24.8 Å². The average Bonchev–Trinajstić information content (AvgIpc) is 2.97. The van der Waals surface area contributed by atoms with Gasteiger partial charge in [0.25, 0.3) is 0 Å². The van der Waals surface area contributed by atoms with Gasteiger partial charge in [-0.25, -0.2) is 0 Å². The summed E-state index contributed by atoms with van der Waals surface area (Å²) in [5, 5.41) is 18.7. The van der Waals surface area contributed by atoms with Crippen molar-refractivity contribution in [3.63, 3.8) is 0 Å². The van der Waals surface area contributed by atoms with Gasteiger partial charge in [-0.15, -0.1) is 0 Å². The molecule has 0 aliphatic carbocycles. The van der Waals surface area contributed by atoms with Crippen molar-refractivity contribution in [1.29, 1.82) is 0 Å². The molecule has 0 unspecified atom stereocenters. The van der Waals surface area contributed by atoms with Gasteiger partial charge in [-0.05, 0) is 24.3 Å². The van der Waals surface area contributed by atoms with Gasteiger partial charge in [-0.3, -0.25) is 14.7 Å². The Balaban J connectivity index is 1.39. The molecular weight excluding hydrogens is 500 g/mol. The monoisotopic (exact) mass is 534 g/mol. The number of aliphatic hydroxyl groups excluding tert-OH is 2. The molecule has 0 spiro atoms. The second kappa shape index (κ2) is 11.4. The fourth-order valence-corrected chi connectivity index (χ4v) is 6.33. The molecule has 2 N–H and O–H groups in total. The molecule has 0 saturated carbocycles. The number of hydrogen-bond acceptors (Lipinski definition) is 11. The second-order valence-electron chi connectivity index (χ2n) is 9.71. The van der Waals surface area contributed by atoms with Gasteiger partial charge in [0.05, 0.1) is 24.6 Å². The van der Waals surface area contributed by atoms with E-state index in [1.165, 1.54) is 9.79 Å². The van der Waals surface area contributed by atoms with Crippen LogP contribution in [0, 0.1) is 0 Å². The van der Waals surface area contributed by atoms with Crippen LogP contribution in [-0.2, 0) is 0 Å². The molecule has 0 amide bonds. The van der Waals surface area contributed by atoms with E-state index in [0.717, 1.165) is 63.7 Å². The molecule has 11 heteroatoms. The molecule has 38 heavy (non-hydrogen) atoms. The van der Waals surface area contributed by atoms with Gasteiger partial charge < -0.3 is 20.0 Å². The van der Waals surface area contributed by atoms with Crippen molar-refractivity contribution in [3.8, 4) is 0 Å². The summed E-state index contributed by atoms with van der Waals surface area (Å²) >= 11 is 1.77. The zero-order valence-corrected chi connectivity index (χ0v) is 22.3. The Labute approximate surface area is 227 Å². The van der Waals surface area contributed by atoms with Crippen molar-refractivity contribution in [3.05, 3.63) is 48.5 Å². The van der Waals surface area contributed by atoms with E-state index in [0.29, 0.717) is 30.9 Å². The molecule has 0 radical (unpaired) electrons. The molecule has 3 aliphatic heterocycles. The van der Waals surface area contributed by atoms with Crippen molar-refractivity contribution >= 4 is 41.0 Å². The van der Waals surface area contributed by atoms with Crippen molar-refractivity contribution in [2.24, 2.45) is 0 Å². The first kappa shape index (κ1) is 25.3. The van der Waals surface area contributed by atoms with Crippen molar-refractivity contribution in [2.45, 2.75) is 9.79 Å². The van der Waals surface area contributed by atoms with Gasteiger partial charge in [0.1, 0.15) is 0 Å². The van der Waals surface area contributed by atoms with E-state index < -0.39 is 0 Å². The third-order valence-corrected chi connectivity index (χ3v) is 8.51. The Bertz CT molecular complexity index is 1160. The highest BCUT2D eigenvalue weighted by Gasteiger charge is 2.30. The number of aliphatic hydroxyl groups is 2. The van der Waals surface area contributed by atoms with E-state index in [9.17, 15) is 10.2 Å². The summed E-state index contributed by atoms with van der Waals surface area (Å²) < 4.78 is 0. The Morgan fingerprint density at radius 3 is 1.45 bits per heavy atom. The van der Waals surface area contributed by atoms with E-state index in [1.54, 1.807) is 11.8 Å². The van der Waals surface area contributed by atoms with Crippen molar-refractivity contribution < 1.29 is 10.2 Å². The quantitative estimate of drug-likeness (QED) is 0.365. The zero-order chi connectivity index (χ0) is 25.9. The van der Waals surface area contributed by atoms with Gasteiger partial charge in [0, 0.05) is 75.2 Å². The summed E-state index contributed by atoms with van der Waals surface area (Å²) in [5.74, 6) is 2.01. The van der Waals surface area contributed by atoms with Crippen molar-refractivity contribution in [2.75, 3.05) is 93.4 Å². The highest BCUT2D eigenvalue weighted by atomic mass is 32.2. The molecular formula is C27H34N8O2S. The molecule has 10 nitrogen and oxygen atoms in total. The molecule has 0 bridgehead atoms. The van der Waals surface area contributed by atoms with E-state index in [1.807, 2.05) is 0 Å². The predicted molar refractivity (Wildman–Crippen MR) is 150 cm³/mol. The lowest BCUT2D eigenvalue weighted by Gasteiger charge is -2.37. The van der Waals surface area contributed by atoms with Crippen LogP contribution in [0.3, 0.4) is 0 Å². The fourth-order valence-electron chi connectivity index (χ4n) is 5.27. The highest BCUT2D eigenvalue weighted by molar-refractivity contribution is 7.99. The van der Waals surface area contributed by atoms with Gasteiger partial charge in [-0.2, -0.15) is 15.0 Å². The van der Waals surface area contributed by atoms with Crippen LogP contribution >= 0.6 is 11.8 Å². The number of benzene rings is 2.